The molecule has 1 amide bonds. The SMILES string of the molecule is CCC(C(=O)Nc1c(C)nn(Cc2cccc(F)c2)c1C)n1nc([N+](=O)[O-])cc1C. The Hall–Kier alpha value is -3.56. The van der Waals surface area contributed by atoms with Gasteiger partial charge in [-0.2, -0.15) is 9.78 Å². The maximum absolute atomic E-state index is 13.5. The Morgan fingerprint density at radius 2 is 2.00 bits per heavy atom. The van der Waals surface area contributed by atoms with E-state index in [0.29, 0.717) is 30.0 Å². The van der Waals surface area contributed by atoms with Gasteiger partial charge in [0, 0.05) is 0 Å². The lowest BCUT2D eigenvalue weighted by Gasteiger charge is -2.14. The first-order valence-electron chi connectivity index (χ1n) is 9.51. The zero-order valence-corrected chi connectivity index (χ0v) is 17.2. The Kier molecular flexibility index (Phi) is 5.95. The van der Waals surface area contributed by atoms with E-state index in [1.165, 1.54) is 22.9 Å². The first-order valence-corrected chi connectivity index (χ1v) is 9.51. The minimum absolute atomic E-state index is 0.297. The Labute approximate surface area is 172 Å². The summed E-state index contributed by atoms with van der Waals surface area (Å²) in [5.41, 5.74) is 3.19. The second kappa shape index (κ2) is 8.44. The highest BCUT2D eigenvalue weighted by Gasteiger charge is 2.28. The summed E-state index contributed by atoms with van der Waals surface area (Å²) in [6.45, 7) is 7.44. The number of amides is 1. The molecule has 0 saturated heterocycles. The molecule has 1 aromatic carbocycles. The average Bonchev–Trinajstić information content (AvgIpc) is 3.18. The third kappa shape index (κ3) is 4.22. The van der Waals surface area contributed by atoms with Crippen LogP contribution in [-0.4, -0.2) is 30.4 Å². The van der Waals surface area contributed by atoms with E-state index in [0.717, 1.165) is 11.3 Å². The molecule has 0 saturated carbocycles. The van der Waals surface area contributed by atoms with Crippen molar-refractivity contribution in [2.45, 2.75) is 46.7 Å². The van der Waals surface area contributed by atoms with Crippen molar-refractivity contribution in [3.05, 3.63) is 68.9 Å². The molecule has 158 valence electrons. The number of nitrogens with one attached hydrogen (secondary N) is 1. The number of nitro groups is 1. The van der Waals surface area contributed by atoms with Crippen molar-refractivity contribution < 1.29 is 14.1 Å². The molecule has 10 heteroatoms. The van der Waals surface area contributed by atoms with Gasteiger partial charge in [-0.1, -0.05) is 19.1 Å². The number of anilines is 1. The number of halogens is 1. The van der Waals surface area contributed by atoms with Crippen molar-refractivity contribution in [3.8, 4) is 0 Å². The van der Waals surface area contributed by atoms with Crippen molar-refractivity contribution >= 4 is 17.4 Å². The third-order valence-corrected chi connectivity index (χ3v) is 4.93. The van der Waals surface area contributed by atoms with Gasteiger partial charge in [0.15, 0.2) is 6.04 Å². The van der Waals surface area contributed by atoms with Crippen molar-refractivity contribution in [1.82, 2.24) is 19.6 Å². The van der Waals surface area contributed by atoms with Crippen LogP contribution in [-0.2, 0) is 11.3 Å². The summed E-state index contributed by atoms with van der Waals surface area (Å²) < 4.78 is 16.5. The van der Waals surface area contributed by atoms with Gasteiger partial charge in [-0.15, -0.1) is 0 Å². The normalized spacial score (nSPS) is 12.0. The highest BCUT2D eigenvalue weighted by atomic mass is 19.1. The summed E-state index contributed by atoms with van der Waals surface area (Å²) in [6, 6.07) is 6.89. The predicted octanol–water partition coefficient (Wildman–Crippen LogP) is 3.69. The first-order chi connectivity index (χ1) is 14.2. The van der Waals surface area contributed by atoms with Gasteiger partial charge < -0.3 is 15.4 Å². The van der Waals surface area contributed by atoms with E-state index in [-0.39, 0.29) is 17.5 Å². The Balaban J connectivity index is 1.83. The maximum atomic E-state index is 13.5. The molecule has 2 aromatic heterocycles. The van der Waals surface area contributed by atoms with Crippen LogP contribution in [0.5, 0.6) is 0 Å². The van der Waals surface area contributed by atoms with Gasteiger partial charge >= 0.3 is 5.82 Å². The van der Waals surface area contributed by atoms with Crippen LogP contribution in [0.4, 0.5) is 15.9 Å². The van der Waals surface area contributed by atoms with E-state index in [9.17, 15) is 19.3 Å². The number of aromatic nitrogens is 4. The summed E-state index contributed by atoms with van der Waals surface area (Å²) in [4.78, 5) is 23.4. The van der Waals surface area contributed by atoms with Gasteiger partial charge in [-0.05, 0) is 49.8 Å². The van der Waals surface area contributed by atoms with Crippen LogP contribution >= 0.6 is 0 Å². The van der Waals surface area contributed by atoms with Crippen LogP contribution in [0.3, 0.4) is 0 Å². The summed E-state index contributed by atoms with van der Waals surface area (Å²) in [5.74, 6) is -0.957. The van der Waals surface area contributed by atoms with E-state index in [1.807, 2.05) is 13.8 Å². The van der Waals surface area contributed by atoms with Crippen LogP contribution in [0.2, 0.25) is 0 Å². The molecular formula is C20H23FN6O3. The Bertz CT molecular complexity index is 1100. The molecule has 1 N–H and O–H groups in total. The van der Waals surface area contributed by atoms with Gasteiger partial charge in [0.1, 0.15) is 5.82 Å². The Morgan fingerprint density at radius 1 is 1.27 bits per heavy atom. The second-order valence-electron chi connectivity index (χ2n) is 7.09. The van der Waals surface area contributed by atoms with E-state index in [1.54, 1.807) is 30.7 Å². The molecule has 1 unspecified atom stereocenters. The molecule has 0 aliphatic rings. The van der Waals surface area contributed by atoms with E-state index < -0.39 is 11.0 Å². The highest BCUT2D eigenvalue weighted by molar-refractivity contribution is 5.94. The van der Waals surface area contributed by atoms with E-state index in [4.69, 9.17) is 0 Å². The summed E-state index contributed by atoms with van der Waals surface area (Å²) in [5, 5.41) is 22.3. The molecule has 0 fully saturated rings. The number of carbonyl (C=O) groups excluding carboxylic acids is 1. The summed E-state index contributed by atoms with van der Waals surface area (Å²) in [6.07, 6.45) is 0.404. The van der Waals surface area contributed by atoms with Gasteiger partial charge in [-0.25, -0.2) is 4.39 Å². The fourth-order valence-corrected chi connectivity index (χ4v) is 3.39. The average molecular weight is 414 g/mol. The molecule has 1 atom stereocenters. The highest BCUT2D eigenvalue weighted by Crippen LogP contribution is 2.24. The monoisotopic (exact) mass is 414 g/mol. The lowest BCUT2D eigenvalue weighted by Crippen LogP contribution is -2.27. The number of benzene rings is 1. The molecule has 3 aromatic rings. The largest absolute Gasteiger partial charge is 0.390 e. The lowest BCUT2D eigenvalue weighted by atomic mass is 10.2. The zero-order valence-electron chi connectivity index (χ0n) is 17.2. The summed E-state index contributed by atoms with van der Waals surface area (Å²) >= 11 is 0. The van der Waals surface area contributed by atoms with Gasteiger partial charge in [0.25, 0.3) is 5.91 Å². The van der Waals surface area contributed by atoms with Gasteiger partial charge in [0.2, 0.25) is 0 Å². The van der Waals surface area contributed by atoms with Crippen LogP contribution in [0, 0.1) is 36.7 Å². The minimum atomic E-state index is -0.705. The zero-order chi connectivity index (χ0) is 22.0. The maximum Gasteiger partial charge on any atom is 0.390 e. The van der Waals surface area contributed by atoms with E-state index in [2.05, 4.69) is 15.5 Å². The van der Waals surface area contributed by atoms with Crippen LogP contribution in [0.25, 0.3) is 0 Å². The van der Waals surface area contributed by atoms with Crippen molar-refractivity contribution in [3.63, 3.8) is 0 Å². The number of hydrogen-bond acceptors (Lipinski definition) is 5. The summed E-state index contributed by atoms with van der Waals surface area (Å²) in [7, 11) is 0. The smallest absolute Gasteiger partial charge is 0.358 e. The number of aryl methyl sites for hydroxylation is 2. The van der Waals surface area contributed by atoms with Crippen LogP contribution in [0.15, 0.2) is 30.3 Å². The molecule has 0 aliphatic heterocycles. The predicted molar refractivity (Wildman–Crippen MR) is 109 cm³/mol. The molecule has 3 rings (SSSR count). The van der Waals surface area contributed by atoms with Crippen LogP contribution in [0.1, 0.15) is 42.0 Å². The number of carbonyl (C=O) groups is 1. The standard InChI is InChI=1S/C20H23FN6O3/c1-5-17(26-12(2)9-18(24-26)27(29)30)20(28)22-19-13(3)23-25(14(19)4)11-15-7-6-8-16(21)10-15/h6-10,17H,5,11H2,1-4H3,(H,22,28). The fraction of sp³-hybridized carbons (Fsp3) is 0.350. The quantitative estimate of drug-likeness (QED) is 0.469. The number of nitrogens with zero attached hydrogens (tertiary/aromatic N) is 5. The molecule has 0 radical (unpaired) electrons. The minimum Gasteiger partial charge on any atom is -0.358 e. The van der Waals surface area contributed by atoms with Gasteiger partial charge in [0.05, 0.1) is 40.5 Å². The molecule has 30 heavy (non-hydrogen) atoms. The molecular weight excluding hydrogens is 391 g/mol. The number of hydrogen-bond donors (Lipinski definition) is 1. The van der Waals surface area contributed by atoms with Crippen LogP contribution < -0.4 is 5.32 Å². The lowest BCUT2D eigenvalue weighted by molar-refractivity contribution is -0.389. The van der Waals surface area contributed by atoms with Crippen molar-refractivity contribution in [2.24, 2.45) is 0 Å². The molecule has 2 heterocycles. The fourth-order valence-electron chi connectivity index (χ4n) is 3.39. The van der Waals surface area contributed by atoms with Crippen molar-refractivity contribution in [1.29, 1.82) is 0 Å². The molecule has 9 nitrogen and oxygen atoms in total. The van der Waals surface area contributed by atoms with E-state index >= 15 is 0 Å². The number of rotatable bonds is 7. The topological polar surface area (TPSA) is 108 Å². The molecule has 0 spiro atoms. The first kappa shape index (κ1) is 21.2. The molecule has 0 bridgehead atoms. The van der Waals surface area contributed by atoms with Gasteiger partial charge in [-0.3, -0.25) is 9.48 Å². The van der Waals surface area contributed by atoms with Crippen molar-refractivity contribution in [2.75, 3.05) is 5.32 Å². The Morgan fingerprint density at radius 3 is 2.60 bits per heavy atom. The molecule has 0 aliphatic carbocycles. The second-order valence-corrected chi connectivity index (χ2v) is 7.09. The third-order valence-electron chi connectivity index (χ3n) is 4.93.